The maximum atomic E-state index is 11.0. The largest absolute Gasteiger partial charge is 1.00 e. The van der Waals surface area contributed by atoms with E-state index < -0.39 is 16.3 Å². The van der Waals surface area contributed by atoms with Crippen molar-refractivity contribution in [1.29, 1.82) is 0 Å². The Morgan fingerprint density at radius 3 is 2.40 bits per heavy atom. The molecule has 0 radical (unpaired) electrons. The van der Waals surface area contributed by atoms with Gasteiger partial charge in [-0.3, -0.25) is 4.18 Å². The summed E-state index contributed by atoms with van der Waals surface area (Å²) in [4.78, 5) is 0. The van der Waals surface area contributed by atoms with Crippen molar-refractivity contribution in [2.75, 3.05) is 12.3 Å². The van der Waals surface area contributed by atoms with Crippen molar-refractivity contribution < 1.29 is 43.6 Å². The summed E-state index contributed by atoms with van der Waals surface area (Å²) in [6, 6.07) is 0. The standard InChI is InChI=1S/C8H20N2O3S.Na.H/c1-2-14(11,12)13-8(10)6-4-3-5-7-9;;/h8H,2-7,9-10H2,1H3;;/q;+1;-1. The van der Waals surface area contributed by atoms with Gasteiger partial charge < -0.3 is 12.9 Å². The van der Waals surface area contributed by atoms with Gasteiger partial charge in [0.05, 0.1) is 5.75 Å². The monoisotopic (exact) mass is 248 g/mol. The summed E-state index contributed by atoms with van der Waals surface area (Å²) in [5.41, 5.74) is 10.8. The van der Waals surface area contributed by atoms with Crippen LogP contribution in [0.5, 0.6) is 0 Å². The van der Waals surface area contributed by atoms with Crippen molar-refractivity contribution in [3.05, 3.63) is 0 Å². The zero-order valence-electron chi connectivity index (χ0n) is 10.6. The first kappa shape index (κ1) is 18.2. The van der Waals surface area contributed by atoms with Crippen molar-refractivity contribution in [3.63, 3.8) is 0 Å². The molecule has 0 aromatic heterocycles. The fraction of sp³-hybridized carbons (Fsp3) is 1.00. The number of nitrogens with two attached hydrogens (primary N) is 2. The summed E-state index contributed by atoms with van der Waals surface area (Å²) in [5.74, 6) is -0.0382. The molecule has 0 spiro atoms. The fourth-order valence-corrected chi connectivity index (χ4v) is 1.58. The van der Waals surface area contributed by atoms with E-state index in [-0.39, 0.29) is 36.7 Å². The van der Waals surface area contributed by atoms with Crippen LogP contribution in [0.15, 0.2) is 0 Å². The first-order valence-corrected chi connectivity index (χ1v) is 6.46. The van der Waals surface area contributed by atoms with Gasteiger partial charge in [-0.1, -0.05) is 6.42 Å². The van der Waals surface area contributed by atoms with Gasteiger partial charge in [-0.15, -0.1) is 0 Å². The molecule has 0 aromatic rings. The molecule has 0 saturated heterocycles. The molecule has 0 rings (SSSR count). The topological polar surface area (TPSA) is 95.4 Å². The first-order valence-electron chi connectivity index (χ1n) is 4.88. The molecule has 0 amide bonds. The molecule has 0 fully saturated rings. The molecule has 4 N–H and O–H groups in total. The van der Waals surface area contributed by atoms with Crippen LogP contribution in [-0.4, -0.2) is 26.9 Å². The van der Waals surface area contributed by atoms with E-state index in [0.717, 1.165) is 19.3 Å². The molecule has 0 heterocycles. The Balaban J connectivity index is -0.000000845. The third-order valence-corrected chi connectivity index (χ3v) is 3.06. The van der Waals surface area contributed by atoms with Gasteiger partial charge in [0.25, 0.3) is 10.1 Å². The van der Waals surface area contributed by atoms with Crippen LogP contribution in [-0.2, 0) is 14.3 Å². The van der Waals surface area contributed by atoms with Gasteiger partial charge >= 0.3 is 29.6 Å². The van der Waals surface area contributed by atoms with E-state index in [9.17, 15) is 8.42 Å². The smallest absolute Gasteiger partial charge is 1.00 e. The summed E-state index contributed by atoms with van der Waals surface area (Å²) >= 11 is 0. The van der Waals surface area contributed by atoms with Crippen LogP contribution in [0, 0.1) is 0 Å². The third kappa shape index (κ3) is 11.1. The van der Waals surface area contributed by atoms with Crippen molar-refractivity contribution in [3.8, 4) is 0 Å². The average Bonchev–Trinajstić information content (AvgIpc) is 2.12. The van der Waals surface area contributed by atoms with Crippen LogP contribution in [0.1, 0.15) is 34.0 Å². The van der Waals surface area contributed by atoms with Gasteiger partial charge in [-0.2, -0.15) is 8.42 Å². The number of rotatable bonds is 8. The number of hydrogen-bond donors (Lipinski definition) is 2. The zero-order valence-corrected chi connectivity index (χ0v) is 12.4. The van der Waals surface area contributed by atoms with Crippen LogP contribution >= 0.6 is 0 Å². The molecule has 88 valence electrons. The van der Waals surface area contributed by atoms with E-state index in [2.05, 4.69) is 4.18 Å². The van der Waals surface area contributed by atoms with Gasteiger partial charge in [0.2, 0.25) is 0 Å². The molecule has 5 nitrogen and oxygen atoms in total. The molecule has 0 saturated carbocycles. The summed E-state index contributed by atoms with van der Waals surface area (Å²) < 4.78 is 26.6. The van der Waals surface area contributed by atoms with E-state index in [0.29, 0.717) is 13.0 Å². The first-order chi connectivity index (χ1) is 6.52. The average molecular weight is 248 g/mol. The predicted octanol–water partition coefficient (Wildman–Crippen LogP) is -2.73. The molecular weight excluding hydrogens is 227 g/mol. The molecule has 1 unspecified atom stereocenters. The normalized spacial score (nSPS) is 13.3. The van der Waals surface area contributed by atoms with E-state index in [1.54, 1.807) is 0 Å². The van der Waals surface area contributed by atoms with Gasteiger partial charge in [-0.05, 0) is 32.7 Å². The second-order valence-corrected chi connectivity index (χ2v) is 5.00. The molecule has 0 aliphatic heterocycles. The molecule has 0 bridgehead atoms. The number of hydrogen-bond acceptors (Lipinski definition) is 5. The van der Waals surface area contributed by atoms with Crippen LogP contribution in [0.25, 0.3) is 0 Å². The van der Waals surface area contributed by atoms with E-state index in [1.807, 2.05) is 0 Å². The Hall–Kier alpha value is 0.830. The Bertz CT molecular complexity index is 239. The Morgan fingerprint density at radius 1 is 1.33 bits per heavy atom. The Kier molecular flexibility index (Phi) is 12.2. The third-order valence-electron chi connectivity index (χ3n) is 1.82. The van der Waals surface area contributed by atoms with E-state index >= 15 is 0 Å². The Morgan fingerprint density at radius 2 is 1.93 bits per heavy atom. The van der Waals surface area contributed by atoms with Crippen LogP contribution < -0.4 is 41.0 Å². The quantitative estimate of drug-likeness (QED) is 0.210. The van der Waals surface area contributed by atoms with Crippen LogP contribution in [0.2, 0.25) is 0 Å². The van der Waals surface area contributed by atoms with Crippen molar-refractivity contribution >= 4 is 10.1 Å². The summed E-state index contributed by atoms with van der Waals surface area (Å²) in [7, 11) is -3.41. The minimum absolute atomic E-state index is 0. The minimum Gasteiger partial charge on any atom is -1.00 e. The molecule has 1 atom stereocenters. The van der Waals surface area contributed by atoms with Gasteiger partial charge in [-0.25, -0.2) is 0 Å². The SMILES string of the molecule is CCS(=O)(=O)OC(N)CCCCCN.[H-].[Na+]. The van der Waals surface area contributed by atoms with Crippen molar-refractivity contribution in [2.24, 2.45) is 11.5 Å². The maximum Gasteiger partial charge on any atom is 1.00 e. The molecule has 0 aliphatic carbocycles. The molecule has 0 aromatic carbocycles. The second-order valence-electron chi connectivity index (χ2n) is 3.12. The summed E-state index contributed by atoms with van der Waals surface area (Å²) in [6.07, 6.45) is 2.59. The molecule has 15 heavy (non-hydrogen) atoms. The van der Waals surface area contributed by atoms with Crippen molar-refractivity contribution in [2.45, 2.75) is 38.8 Å². The maximum absolute atomic E-state index is 11.0. The molecular formula is C8H21N2NaO3S. The van der Waals surface area contributed by atoms with Gasteiger partial charge in [0.15, 0.2) is 0 Å². The number of unbranched alkanes of at least 4 members (excludes halogenated alkanes) is 2. The van der Waals surface area contributed by atoms with Crippen LogP contribution in [0.4, 0.5) is 0 Å². The van der Waals surface area contributed by atoms with E-state index in [1.165, 1.54) is 6.92 Å². The minimum atomic E-state index is -3.41. The van der Waals surface area contributed by atoms with Crippen LogP contribution in [0.3, 0.4) is 0 Å². The zero-order chi connectivity index (χ0) is 11.0. The van der Waals surface area contributed by atoms with Gasteiger partial charge in [0, 0.05) is 0 Å². The predicted molar refractivity (Wildman–Crippen MR) is 57.2 cm³/mol. The van der Waals surface area contributed by atoms with E-state index in [4.69, 9.17) is 11.5 Å². The van der Waals surface area contributed by atoms with Gasteiger partial charge in [0.1, 0.15) is 6.23 Å². The Labute approximate surface area is 116 Å². The molecule has 7 heteroatoms. The second kappa shape index (κ2) is 10.0. The summed E-state index contributed by atoms with van der Waals surface area (Å²) in [5, 5.41) is 0. The van der Waals surface area contributed by atoms with Crippen molar-refractivity contribution in [1.82, 2.24) is 0 Å². The summed E-state index contributed by atoms with van der Waals surface area (Å²) in [6.45, 7) is 2.18. The molecule has 0 aliphatic rings. The fourth-order valence-electron chi connectivity index (χ4n) is 0.971.